The molecule has 1 N–H and O–H groups in total. The van der Waals surface area contributed by atoms with Gasteiger partial charge < -0.3 is 10.1 Å². The molecule has 0 saturated heterocycles. The largest absolute Gasteiger partial charge is 0.385 e. The Labute approximate surface area is 99.0 Å². The molecule has 0 bridgehead atoms. The van der Waals surface area contributed by atoms with E-state index >= 15 is 0 Å². The molecular formula is C14H23NO. The highest BCUT2D eigenvalue weighted by Gasteiger charge is 2.00. The van der Waals surface area contributed by atoms with Crippen LogP contribution in [0.4, 0.5) is 0 Å². The Hall–Kier alpha value is -0.860. The Morgan fingerprint density at radius 3 is 2.38 bits per heavy atom. The zero-order valence-corrected chi connectivity index (χ0v) is 10.6. The van der Waals surface area contributed by atoms with Gasteiger partial charge in [-0.1, -0.05) is 31.2 Å². The number of hydrogen-bond acceptors (Lipinski definition) is 2. The molecule has 0 aliphatic heterocycles. The summed E-state index contributed by atoms with van der Waals surface area (Å²) in [5, 5.41) is 3.49. The summed E-state index contributed by atoms with van der Waals surface area (Å²) in [5.41, 5.74) is 2.75. The van der Waals surface area contributed by atoms with E-state index in [0.717, 1.165) is 26.0 Å². The van der Waals surface area contributed by atoms with Gasteiger partial charge >= 0.3 is 0 Å². The molecular weight excluding hydrogens is 198 g/mol. The van der Waals surface area contributed by atoms with Crippen molar-refractivity contribution in [3.8, 4) is 0 Å². The molecule has 1 aromatic rings. The first kappa shape index (κ1) is 13.2. The van der Waals surface area contributed by atoms with Gasteiger partial charge in [-0.15, -0.1) is 0 Å². The van der Waals surface area contributed by atoms with Crippen molar-refractivity contribution in [3.63, 3.8) is 0 Å². The van der Waals surface area contributed by atoms with Gasteiger partial charge in [-0.2, -0.15) is 0 Å². The molecule has 16 heavy (non-hydrogen) atoms. The molecule has 2 nitrogen and oxygen atoms in total. The molecule has 0 aliphatic carbocycles. The fraction of sp³-hybridized carbons (Fsp3) is 0.571. The van der Waals surface area contributed by atoms with Crippen LogP contribution >= 0.6 is 0 Å². The minimum Gasteiger partial charge on any atom is -0.385 e. The van der Waals surface area contributed by atoms with Crippen molar-refractivity contribution in [1.82, 2.24) is 5.32 Å². The van der Waals surface area contributed by atoms with Crippen LogP contribution in [0.3, 0.4) is 0 Å². The maximum absolute atomic E-state index is 5.05. The normalized spacial score (nSPS) is 12.7. The Kier molecular flexibility index (Phi) is 6.12. The van der Waals surface area contributed by atoms with Crippen LogP contribution in [0, 0.1) is 0 Å². The molecule has 0 spiro atoms. The number of benzene rings is 1. The maximum atomic E-state index is 5.05. The molecule has 0 radical (unpaired) electrons. The zero-order valence-electron chi connectivity index (χ0n) is 10.6. The Balaban J connectivity index is 2.30. The lowest BCUT2D eigenvalue weighted by Crippen LogP contribution is -2.26. The Bertz CT molecular complexity index is 281. The summed E-state index contributed by atoms with van der Waals surface area (Å²) >= 11 is 0. The van der Waals surface area contributed by atoms with Crippen LogP contribution in [0.2, 0.25) is 0 Å². The van der Waals surface area contributed by atoms with Crippen LogP contribution in [0.5, 0.6) is 0 Å². The lowest BCUT2D eigenvalue weighted by Gasteiger charge is -2.13. The van der Waals surface area contributed by atoms with Gasteiger partial charge in [-0.25, -0.2) is 0 Å². The third kappa shape index (κ3) is 4.77. The molecule has 90 valence electrons. The highest BCUT2D eigenvalue weighted by atomic mass is 16.5. The molecule has 0 saturated carbocycles. The van der Waals surface area contributed by atoms with Gasteiger partial charge in [0.2, 0.25) is 0 Å². The molecule has 2 heteroatoms. The van der Waals surface area contributed by atoms with Crippen molar-refractivity contribution in [1.29, 1.82) is 0 Å². The van der Waals surface area contributed by atoms with E-state index < -0.39 is 0 Å². The quantitative estimate of drug-likeness (QED) is 0.764. The first-order chi connectivity index (χ1) is 7.76. The van der Waals surface area contributed by atoms with Crippen molar-refractivity contribution in [2.45, 2.75) is 39.3 Å². The average Bonchev–Trinajstić information content (AvgIpc) is 2.34. The van der Waals surface area contributed by atoms with Gasteiger partial charge in [-0.3, -0.25) is 0 Å². The fourth-order valence-electron chi connectivity index (χ4n) is 1.58. The number of hydrogen-bond donors (Lipinski definition) is 1. The van der Waals surface area contributed by atoms with Crippen molar-refractivity contribution in [2.24, 2.45) is 0 Å². The third-order valence-electron chi connectivity index (χ3n) is 2.84. The summed E-state index contributed by atoms with van der Waals surface area (Å²) in [7, 11) is 1.75. The van der Waals surface area contributed by atoms with E-state index in [1.807, 2.05) is 0 Å². The van der Waals surface area contributed by atoms with Crippen LogP contribution < -0.4 is 5.32 Å². The number of aryl methyl sites for hydroxylation is 1. The fourth-order valence-corrected chi connectivity index (χ4v) is 1.58. The van der Waals surface area contributed by atoms with Crippen LogP contribution in [0.15, 0.2) is 24.3 Å². The minimum atomic E-state index is 0.505. The second-order valence-corrected chi connectivity index (χ2v) is 4.23. The van der Waals surface area contributed by atoms with Gasteiger partial charge in [-0.05, 0) is 30.9 Å². The summed E-state index contributed by atoms with van der Waals surface area (Å²) in [4.78, 5) is 0. The van der Waals surface area contributed by atoms with Gasteiger partial charge in [0.1, 0.15) is 0 Å². The highest BCUT2D eigenvalue weighted by Crippen LogP contribution is 2.05. The van der Waals surface area contributed by atoms with E-state index in [9.17, 15) is 0 Å². The topological polar surface area (TPSA) is 21.3 Å². The molecule has 0 amide bonds. The number of methoxy groups -OCH3 is 1. The molecule has 1 rings (SSSR count). The van der Waals surface area contributed by atoms with Crippen LogP contribution in [0.1, 0.15) is 31.4 Å². The second kappa shape index (κ2) is 7.42. The predicted molar refractivity (Wildman–Crippen MR) is 68.6 cm³/mol. The maximum Gasteiger partial charge on any atom is 0.0476 e. The van der Waals surface area contributed by atoms with E-state index in [1.54, 1.807) is 7.11 Å². The molecule has 0 fully saturated rings. The summed E-state index contributed by atoms with van der Waals surface area (Å²) in [6.07, 6.45) is 2.17. The van der Waals surface area contributed by atoms with Crippen LogP contribution in [0.25, 0.3) is 0 Å². The second-order valence-electron chi connectivity index (χ2n) is 4.23. The summed E-state index contributed by atoms with van der Waals surface area (Å²) in [6, 6.07) is 9.32. The number of rotatable bonds is 7. The smallest absolute Gasteiger partial charge is 0.0476 e. The van der Waals surface area contributed by atoms with E-state index in [4.69, 9.17) is 4.74 Å². The lowest BCUT2D eigenvalue weighted by molar-refractivity contribution is 0.184. The van der Waals surface area contributed by atoms with E-state index in [-0.39, 0.29) is 0 Å². The van der Waals surface area contributed by atoms with Crippen molar-refractivity contribution < 1.29 is 4.74 Å². The number of nitrogens with one attached hydrogen (secondary N) is 1. The first-order valence-electron chi connectivity index (χ1n) is 6.06. The minimum absolute atomic E-state index is 0.505. The van der Waals surface area contributed by atoms with Gasteiger partial charge in [0.25, 0.3) is 0 Å². The van der Waals surface area contributed by atoms with Gasteiger partial charge in [0, 0.05) is 26.3 Å². The van der Waals surface area contributed by atoms with Crippen LogP contribution in [-0.4, -0.2) is 19.8 Å². The van der Waals surface area contributed by atoms with Gasteiger partial charge in [0.05, 0.1) is 0 Å². The van der Waals surface area contributed by atoms with E-state index in [2.05, 4.69) is 43.4 Å². The van der Waals surface area contributed by atoms with E-state index in [0.29, 0.717) is 6.04 Å². The summed E-state index contributed by atoms with van der Waals surface area (Å²) in [5.74, 6) is 0. The molecule has 1 aromatic carbocycles. The molecule has 0 heterocycles. The molecule has 1 unspecified atom stereocenters. The number of ether oxygens (including phenoxy) is 1. The third-order valence-corrected chi connectivity index (χ3v) is 2.84. The average molecular weight is 221 g/mol. The van der Waals surface area contributed by atoms with Crippen molar-refractivity contribution in [3.05, 3.63) is 35.4 Å². The predicted octanol–water partition coefficient (Wildman–Crippen LogP) is 2.76. The Morgan fingerprint density at radius 1 is 1.19 bits per heavy atom. The van der Waals surface area contributed by atoms with Gasteiger partial charge in [0.15, 0.2) is 0 Å². The molecule has 0 aromatic heterocycles. The van der Waals surface area contributed by atoms with Crippen molar-refractivity contribution >= 4 is 0 Å². The SMILES string of the molecule is CCc1ccc(CNC(C)CCOC)cc1. The van der Waals surface area contributed by atoms with Crippen molar-refractivity contribution in [2.75, 3.05) is 13.7 Å². The van der Waals surface area contributed by atoms with E-state index in [1.165, 1.54) is 11.1 Å². The standard InChI is InChI=1S/C14H23NO/c1-4-13-5-7-14(8-6-13)11-15-12(2)9-10-16-3/h5-8,12,15H,4,9-11H2,1-3H3. The summed E-state index contributed by atoms with van der Waals surface area (Å²) in [6.45, 7) is 6.14. The first-order valence-corrected chi connectivity index (χ1v) is 6.06. The highest BCUT2D eigenvalue weighted by molar-refractivity contribution is 5.22. The van der Waals surface area contributed by atoms with Crippen LogP contribution in [-0.2, 0) is 17.7 Å². The zero-order chi connectivity index (χ0) is 11.8. The molecule has 1 atom stereocenters. The summed E-state index contributed by atoms with van der Waals surface area (Å²) < 4.78 is 5.05. The Morgan fingerprint density at radius 2 is 1.81 bits per heavy atom. The molecule has 0 aliphatic rings. The monoisotopic (exact) mass is 221 g/mol. The lowest BCUT2D eigenvalue weighted by atomic mass is 10.1.